The lowest BCUT2D eigenvalue weighted by Crippen LogP contribution is -2.23. The minimum absolute atomic E-state index is 0.145. The summed E-state index contributed by atoms with van der Waals surface area (Å²) in [5, 5.41) is 10.1. The molecule has 0 aliphatic carbocycles. The van der Waals surface area contributed by atoms with Crippen LogP contribution in [0.15, 0.2) is 29.1 Å². The molecule has 0 saturated heterocycles. The van der Waals surface area contributed by atoms with Crippen LogP contribution in [0.2, 0.25) is 0 Å². The van der Waals surface area contributed by atoms with Gasteiger partial charge in [0.15, 0.2) is 0 Å². The molecule has 0 unspecified atom stereocenters. The Bertz CT molecular complexity index is 548. The molecule has 2 heterocycles. The quantitative estimate of drug-likeness (QED) is 0.882. The van der Waals surface area contributed by atoms with E-state index in [-0.39, 0.29) is 5.91 Å². The van der Waals surface area contributed by atoms with Gasteiger partial charge < -0.3 is 10.6 Å². The maximum absolute atomic E-state index is 11.9. The summed E-state index contributed by atoms with van der Waals surface area (Å²) in [5.74, 6) is -0.145. The highest BCUT2D eigenvalue weighted by Crippen LogP contribution is 2.13. The van der Waals surface area contributed by atoms with Crippen molar-refractivity contribution < 1.29 is 4.79 Å². The maximum atomic E-state index is 11.9. The SMILES string of the molecule is CCNc1ccc(C(=O)NCc2cscc2C)nc1. The zero-order valence-electron chi connectivity index (χ0n) is 11.1. The summed E-state index contributed by atoms with van der Waals surface area (Å²) in [5.41, 5.74) is 3.73. The van der Waals surface area contributed by atoms with Crippen LogP contribution in [-0.2, 0) is 6.54 Å². The van der Waals surface area contributed by atoms with Crippen molar-refractivity contribution in [1.29, 1.82) is 0 Å². The Labute approximate surface area is 116 Å². The fourth-order valence-corrected chi connectivity index (χ4v) is 2.53. The number of carbonyl (C=O) groups is 1. The third-order valence-electron chi connectivity index (χ3n) is 2.78. The molecule has 4 nitrogen and oxygen atoms in total. The first kappa shape index (κ1) is 13.5. The highest BCUT2D eigenvalue weighted by atomic mass is 32.1. The highest BCUT2D eigenvalue weighted by Gasteiger charge is 2.07. The molecule has 0 aliphatic rings. The van der Waals surface area contributed by atoms with Crippen molar-refractivity contribution in [2.24, 2.45) is 0 Å². The smallest absolute Gasteiger partial charge is 0.270 e. The minimum atomic E-state index is -0.145. The molecule has 0 saturated carbocycles. The van der Waals surface area contributed by atoms with Gasteiger partial charge in [-0.25, -0.2) is 4.98 Å². The Balaban J connectivity index is 1.94. The standard InChI is InChI=1S/C14H17N3OS/c1-3-15-12-4-5-13(16-7-12)14(18)17-6-11-9-19-8-10(11)2/h4-5,7-9,15H,3,6H2,1-2H3,(H,17,18). The molecular formula is C14H17N3OS. The predicted octanol–water partition coefficient (Wildman–Crippen LogP) is 2.81. The molecule has 0 radical (unpaired) electrons. The van der Waals surface area contributed by atoms with Crippen LogP contribution in [-0.4, -0.2) is 17.4 Å². The Morgan fingerprint density at radius 3 is 2.79 bits per heavy atom. The molecule has 1 amide bonds. The van der Waals surface area contributed by atoms with E-state index in [4.69, 9.17) is 0 Å². The number of hydrogen-bond acceptors (Lipinski definition) is 4. The molecule has 0 fully saturated rings. The zero-order chi connectivity index (χ0) is 13.7. The van der Waals surface area contributed by atoms with Crippen molar-refractivity contribution in [1.82, 2.24) is 10.3 Å². The number of amides is 1. The number of nitrogens with one attached hydrogen (secondary N) is 2. The van der Waals surface area contributed by atoms with Crippen molar-refractivity contribution in [2.45, 2.75) is 20.4 Å². The fraction of sp³-hybridized carbons (Fsp3) is 0.286. The Hall–Kier alpha value is -1.88. The first-order valence-electron chi connectivity index (χ1n) is 6.20. The van der Waals surface area contributed by atoms with Gasteiger partial charge in [-0.15, -0.1) is 0 Å². The second-order valence-corrected chi connectivity index (χ2v) is 4.97. The van der Waals surface area contributed by atoms with E-state index in [2.05, 4.69) is 26.4 Å². The van der Waals surface area contributed by atoms with E-state index in [1.807, 2.05) is 19.9 Å². The number of anilines is 1. The molecule has 2 aromatic rings. The Morgan fingerprint density at radius 2 is 2.21 bits per heavy atom. The summed E-state index contributed by atoms with van der Waals surface area (Å²) >= 11 is 1.65. The van der Waals surface area contributed by atoms with Gasteiger partial charge in [-0.2, -0.15) is 11.3 Å². The van der Waals surface area contributed by atoms with E-state index in [0.29, 0.717) is 12.2 Å². The lowest BCUT2D eigenvalue weighted by Gasteiger charge is -2.06. The number of aromatic nitrogens is 1. The Morgan fingerprint density at radius 1 is 1.37 bits per heavy atom. The van der Waals surface area contributed by atoms with Crippen molar-refractivity contribution in [3.63, 3.8) is 0 Å². The number of pyridine rings is 1. The second-order valence-electron chi connectivity index (χ2n) is 4.23. The summed E-state index contributed by atoms with van der Waals surface area (Å²) in [7, 11) is 0. The van der Waals surface area contributed by atoms with Gasteiger partial charge >= 0.3 is 0 Å². The van der Waals surface area contributed by atoms with Crippen molar-refractivity contribution in [2.75, 3.05) is 11.9 Å². The molecule has 2 N–H and O–H groups in total. The van der Waals surface area contributed by atoms with E-state index in [1.54, 1.807) is 23.6 Å². The Kier molecular flexibility index (Phi) is 4.52. The van der Waals surface area contributed by atoms with Crippen molar-refractivity contribution in [3.8, 4) is 0 Å². The third-order valence-corrected chi connectivity index (χ3v) is 3.69. The summed E-state index contributed by atoms with van der Waals surface area (Å²) in [6, 6.07) is 3.59. The van der Waals surface area contributed by atoms with Crippen LogP contribution >= 0.6 is 11.3 Å². The number of carbonyl (C=O) groups excluding carboxylic acids is 1. The van der Waals surface area contributed by atoms with Crippen molar-refractivity contribution in [3.05, 3.63) is 45.9 Å². The average molecular weight is 275 g/mol. The van der Waals surface area contributed by atoms with Gasteiger partial charge in [-0.3, -0.25) is 4.79 Å². The van der Waals surface area contributed by atoms with Crippen LogP contribution in [0.5, 0.6) is 0 Å². The largest absolute Gasteiger partial charge is 0.384 e. The van der Waals surface area contributed by atoms with E-state index < -0.39 is 0 Å². The topological polar surface area (TPSA) is 54.0 Å². The summed E-state index contributed by atoms with van der Waals surface area (Å²) in [4.78, 5) is 16.1. The van der Waals surface area contributed by atoms with E-state index in [1.165, 1.54) is 5.56 Å². The molecule has 100 valence electrons. The fourth-order valence-electron chi connectivity index (χ4n) is 1.67. The van der Waals surface area contributed by atoms with Crippen LogP contribution in [0.3, 0.4) is 0 Å². The molecular weight excluding hydrogens is 258 g/mol. The van der Waals surface area contributed by atoms with Crippen LogP contribution < -0.4 is 10.6 Å². The number of rotatable bonds is 5. The van der Waals surface area contributed by atoms with Gasteiger partial charge in [0, 0.05) is 13.1 Å². The monoisotopic (exact) mass is 275 g/mol. The van der Waals surface area contributed by atoms with Crippen LogP contribution in [0, 0.1) is 6.92 Å². The number of thiophene rings is 1. The normalized spacial score (nSPS) is 10.2. The van der Waals surface area contributed by atoms with Gasteiger partial charge in [-0.1, -0.05) is 0 Å². The average Bonchev–Trinajstić information content (AvgIpc) is 2.83. The number of nitrogens with zero attached hydrogens (tertiary/aromatic N) is 1. The lowest BCUT2D eigenvalue weighted by molar-refractivity contribution is 0.0946. The van der Waals surface area contributed by atoms with E-state index >= 15 is 0 Å². The molecule has 0 bridgehead atoms. The van der Waals surface area contributed by atoms with E-state index in [9.17, 15) is 4.79 Å². The second kappa shape index (κ2) is 6.33. The van der Waals surface area contributed by atoms with Gasteiger partial charge in [0.25, 0.3) is 5.91 Å². The summed E-state index contributed by atoms with van der Waals surface area (Å²) in [6.07, 6.45) is 1.67. The molecule has 0 aliphatic heterocycles. The molecule has 19 heavy (non-hydrogen) atoms. The molecule has 0 atom stereocenters. The molecule has 2 aromatic heterocycles. The maximum Gasteiger partial charge on any atom is 0.270 e. The number of aryl methyl sites for hydroxylation is 1. The summed E-state index contributed by atoms with van der Waals surface area (Å²) < 4.78 is 0. The third kappa shape index (κ3) is 3.54. The summed E-state index contributed by atoms with van der Waals surface area (Å²) in [6.45, 7) is 5.45. The first-order valence-corrected chi connectivity index (χ1v) is 7.14. The van der Waals surface area contributed by atoms with Crippen LogP contribution in [0.25, 0.3) is 0 Å². The minimum Gasteiger partial charge on any atom is -0.384 e. The van der Waals surface area contributed by atoms with Crippen molar-refractivity contribution >= 4 is 22.9 Å². The molecule has 2 rings (SSSR count). The molecule has 0 spiro atoms. The first-order chi connectivity index (χ1) is 9.20. The van der Waals surface area contributed by atoms with Gasteiger partial charge in [-0.05, 0) is 47.9 Å². The molecule has 5 heteroatoms. The van der Waals surface area contributed by atoms with Gasteiger partial charge in [0.05, 0.1) is 11.9 Å². The highest BCUT2D eigenvalue weighted by molar-refractivity contribution is 7.08. The predicted molar refractivity (Wildman–Crippen MR) is 78.6 cm³/mol. The van der Waals surface area contributed by atoms with Gasteiger partial charge in [0.1, 0.15) is 5.69 Å². The van der Waals surface area contributed by atoms with E-state index in [0.717, 1.165) is 17.8 Å². The zero-order valence-corrected chi connectivity index (χ0v) is 11.9. The van der Waals surface area contributed by atoms with Crippen LogP contribution in [0.1, 0.15) is 28.5 Å². The van der Waals surface area contributed by atoms with Crippen LogP contribution in [0.4, 0.5) is 5.69 Å². The number of hydrogen-bond donors (Lipinski definition) is 2. The molecule has 0 aromatic carbocycles. The van der Waals surface area contributed by atoms with Gasteiger partial charge in [0.2, 0.25) is 0 Å². The lowest BCUT2D eigenvalue weighted by atomic mass is 10.2.